The van der Waals surface area contributed by atoms with E-state index in [-0.39, 0.29) is 29.9 Å². The molecule has 10 heteroatoms. The van der Waals surface area contributed by atoms with Crippen LogP contribution in [0.2, 0.25) is 0 Å². The Labute approximate surface area is 178 Å². The van der Waals surface area contributed by atoms with Crippen molar-refractivity contribution in [2.45, 2.75) is 31.7 Å². The number of anilines is 1. The number of sulfonamides is 1. The lowest BCUT2D eigenvalue weighted by atomic mass is 9.97. The van der Waals surface area contributed by atoms with E-state index in [1.54, 1.807) is 0 Å². The lowest BCUT2D eigenvalue weighted by molar-refractivity contribution is -0.120. The molecule has 4 rings (SSSR count). The lowest BCUT2D eigenvalue weighted by Gasteiger charge is -2.30. The number of aromatic nitrogens is 2. The SMILES string of the molecule is Cc1cc(C)c2sc(NC(=O)C3CCN(S(=O)(=O)c4ccc(F)cn4)CC3)nc2c1. The number of carbonyl (C=O) groups is 1. The molecule has 0 bridgehead atoms. The van der Waals surface area contributed by atoms with Crippen LogP contribution < -0.4 is 5.32 Å². The Bertz CT molecular complexity index is 1200. The lowest BCUT2D eigenvalue weighted by Crippen LogP contribution is -2.41. The molecule has 2 aromatic heterocycles. The molecule has 1 aromatic carbocycles. The quantitative estimate of drug-likeness (QED) is 0.660. The molecule has 1 aliphatic rings. The number of carbonyl (C=O) groups excluding carboxylic acids is 1. The summed E-state index contributed by atoms with van der Waals surface area (Å²) in [6.07, 6.45) is 1.68. The van der Waals surface area contributed by atoms with Crippen LogP contribution in [0.4, 0.5) is 9.52 Å². The zero-order chi connectivity index (χ0) is 21.5. The number of nitrogens with zero attached hydrogens (tertiary/aromatic N) is 3. The first-order chi connectivity index (χ1) is 14.2. The summed E-state index contributed by atoms with van der Waals surface area (Å²) in [4.78, 5) is 20.9. The van der Waals surface area contributed by atoms with E-state index in [9.17, 15) is 17.6 Å². The van der Waals surface area contributed by atoms with Crippen LogP contribution in [0, 0.1) is 25.6 Å². The third-order valence-electron chi connectivity index (χ3n) is 5.18. The Morgan fingerprint density at radius 3 is 2.63 bits per heavy atom. The van der Waals surface area contributed by atoms with Gasteiger partial charge < -0.3 is 5.32 Å². The summed E-state index contributed by atoms with van der Waals surface area (Å²) < 4.78 is 40.7. The van der Waals surface area contributed by atoms with E-state index >= 15 is 0 Å². The van der Waals surface area contributed by atoms with Crippen molar-refractivity contribution < 1.29 is 17.6 Å². The maximum Gasteiger partial charge on any atom is 0.260 e. The van der Waals surface area contributed by atoms with Crippen molar-refractivity contribution in [2.24, 2.45) is 5.92 Å². The highest BCUT2D eigenvalue weighted by Crippen LogP contribution is 2.31. The van der Waals surface area contributed by atoms with Crippen molar-refractivity contribution in [3.8, 4) is 0 Å². The molecule has 7 nitrogen and oxygen atoms in total. The topological polar surface area (TPSA) is 92.3 Å². The van der Waals surface area contributed by atoms with Crippen LogP contribution in [0.3, 0.4) is 0 Å². The molecule has 0 spiro atoms. The fourth-order valence-corrected chi connectivity index (χ4v) is 5.94. The molecule has 0 atom stereocenters. The van der Waals surface area contributed by atoms with Crippen LogP contribution in [0.5, 0.6) is 0 Å². The van der Waals surface area contributed by atoms with Crippen molar-refractivity contribution in [1.29, 1.82) is 0 Å². The van der Waals surface area contributed by atoms with Gasteiger partial charge in [-0.3, -0.25) is 4.79 Å². The highest BCUT2D eigenvalue weighted by atomic mass is 32.2. The van der Waals surface area contributed by atoms with E-state index in [1.165, 1.54) is 15.6 Å². The minimum Gasteiger partial charge on any atom is -0.302 e. The fraction of sp³-hybridized carbons (Fsp3) is 0.350. The normalized spacial score (nSPS) is 16.1. The Morgan fingerprint density at radius 1 is 1.23 bits per heavy atom. The van der Waals surface area contributed by atoms with Crippen LogP contribution in [0.25, 0.3) is 10.2 Å². The van der Waals surface area contributed by atoms with Gasteiger partial charge in [0, 0.05) is 19.0 Å². The number of aryl methyl sites for hydroxylation is 2. The van der Waals surface area contributed by atoms with Gasteiger partial charge in [0.25, 0.3) is 10.0 Å². The number of benzene rings is 1. The molecular weight excluding hydrogens is 427 g/mol. The zero-order valence-corrected chi connectivity index (χ0v) is 18.2. The molecular formula is C20H21FN4O3S2. The number of rotatable bonds is 4. The molecule has 30 heavy (non-hydrogen) atoms. The van der Waals surface area contributed by atoms with E-state index in [0.717, 1.165) is 39.7 Å². The summed E-state index contributed by atoms with van der Waals surface area (Å²) in [6, 6.07) is 6.29. The highest BCUT2D eigenvalue weighted by molar-refractivity contribution is 7.89. The predicted octanol–water partition coefficient (Wildman–Crippen LogP) is 3.49. The summed E-state index contributed by atoms with van der Waals surface area (Å²) in [5.74, 6) is -1.04. The monoisotopic (exact) mass is 448 g/mol. The summed E-state index contributed by atoms with van der Waals surface area (Å²) >= 11 is 1.44. The molecule has 3 aromatic rings. The van der Waals surface area contributed by atoms with Crippen molar-refractivity contribution in [1.82, 2.24) is 14.3 Å². The molecule has 1 N–H and O–H groups in total. The van der Waals surface area contributed by atoms with E-state index in [2.05, 4.69) is 21.4 Å². The van der Waals surface area contributed by atoms with Gasteiger partial charge in [0.2, 0.25) is 5.91 Å². The first kappa shape index (κ1) is 20.8. The Hall–Kier alpha value is -2.43. The zero-order valence-electron chi connectivity index (χ0n) is 16.6. The third-order valence-corrected chi connectivity index (χ3v) is 8.12. The Balaban J connectivity index is 1.41. The molecule has 0 aliphatic carbocycles. The van der Waals surface area contributed by atoms with Gasteiger partial charge in [-0.15, -0.1) is 0 Å². The number of hydrogen-bond acceptors (Lipinski definition) is 6. The Kier molecular flexibility index (Phi) is 5.56. The smallest absolute Gasteiger partial charge is 0.260 e. The second-order valence-corrected chi connectivity index (χ2v) is 10.3. The van der Waals surface area contributed by atoms with Crippen LogP contribution >= 0.6 is 11.3 Å². The number of thiazole rings is 1. The van der Waals surface area contributed by atoms with E-state index < -0.39 is 15.8 Å². The van der Waals surface area contributed by atoms with Gasteiger partial charge >= 0.3 is 0 Å². The van der Waals surface area contributed by atoms with Crippen LogP contribution in [-0.2, 0) is 14.8 Å². The molecule has 1 aliphatic heterocycles. The maximum absolute atomic E-state index is 13.0. The Morgan fingerprint density at radius 2 is 1.97 bits per heavy atom. The number of hydrogen-bond donors (Lipinski definition) is 1. The molecule has 0 saturated carbocycles. The number of nitrogens with one attached hydrogen (secondary N) is 1. The van der Waals surface area contributed by atoms with Gasteiger partial charge in [-0.1, -0.05) is 17.4 Å². The maximum atomic E-state index is 13.0. The first-order valence-electron chi connectivity index (χ1n) is 9.54. The minimum atomic E-state index is -3.80. The second-order valence-electron chi connectivity index (χ2n) is 7.43. The molecule has 1 amide bonds. The van der Waals surface area contributed by atoms with Gasteiger partial charge in [0.05, 0.1) is 16.4 Å². The number of amides is 1. The van der Waals surface area contributed by atoms with Crippen molar-refractivity contribution in [2.75, 3.05) is 18.4 Å². The average molecular weight is 449 g/mol. The summed E-state index contributed by atoms with van der Waals surface area (Å²) in [5.41, 5.74) is 3.10. The first-order valence-corrected chi connectivity index (χ1v) is 11.8. The molecule has 0 unspecified atom stereocenters. The van der Waals surface area contributed by atoms with Gasteiger partial charge in [-0.25, -0.2) is 22.8 Å². The van der Waals surface area contributed by atoms with Gasteiger partial charge in [0.15, 0.2) is 10.2 Å². The van der Waals surface area contributed by atoms with Crippen molar-refractivity contribution >= 4 is 42.6 Å². The van der Waals surface area contributed by atoms with E-state index in [4.69, 9.17) is 0 Å². The molecule has 1 saturated heterocycles. The number of halogens is 1. The number of fused-ring (bicyclic) bond motifs is 1. The number of pyridine rings is 1. The van der Waals surface area contributed by atoms with Gasteiger partial charge in [0.1, 0.15) is 5.82 Å². The summed E-state index contributed by atoms with van der Waals surface area (Å²) in [5, 5.41) is 3.25. The van der Waals surface area contributed by atoms with Gasteiger partial charge in [-0.2, -0.15) is 4.31 Å². The summed E-state index contributed by atoms with van der Waals surface area (Å²) in [6.45, 7) is 4.44. The highest BCUT2D eigenvalue weighted by Gasteiger charge is 2.33. The van der Waals surface area contributed by atoms with Gasteiger partial charge in [-0.05, 0) is 56.0 Å². The summed E-state index contributed by atoms with van der Waals surface area (Å²) in [7, 11) is -3.80. The van der Waals surface area contributed by atoms with E-state index in [0.29, 0.717) is 18.0 Å². The number of piperidine rings is 1. The standard InChI is InChI=1S/C20H21FN4O3S2/c1-12-9-13(2)18-16(10-12)23-20(29-18)24-19(26)14-5-7-25(8-6-14)30(27,28)17-4-3-15(21)11-22-17/h3-4,9-11,14H,5-8H2,1-2H3,(H,23,24,26). The molecule has 3 heterocycles. The average Bonchev–Trinajstić information content (AvgIpc) is 3.11. The molecule has 0 radical (unpaired) electrons. The minimum absolute atomic E-state index is 0.152. The molecule has 1 fully saturated rings. The van der Waals surface area contributed by atoms with E-state index in [1.807, 2.05) is 19.9 Å². The van der Waals surface area contributed by atoms with Crippen molar-refractivity contribution in [3.05, 3.63) is 47.4 Å². The fourth-order valence-electron chi connectivity index (χ4n) is 3.64. The second kappa shape index (κ2) is 8.01. The van der Waals surface area contributed by atoms with Crippen LogP contribution in [0.1, 0.15) is 24.0 Å². The van der Waals surface area contributed by atoms with Crippen molar-refractivity contribution in [3.63, 3.8) is 0 Å². The molecule has 158 valence electrons. The predicted molar refractivity (Wildman–Crippen MR) is 113 cm³/mol. The van der Waals surface area contributed by atoms with Crippen LogP contribution in [-0.4, -0.2) is 41.7 Å². The third kappa shape index (κ3) is 4.07. The van der Waals surface area contributed by atoms with Crippen LogP contribution in [0.15, 0.2) is 35.5 Å². The largest absolute Gasteiger partial charge is 0.302 e.